The predicted molar refractivity (Wildman–Crippen MR) is 129 cm³/mol. The first kappa shape index (κ1) is 24.0. The number of carboxylic acids is 1. The summed E-state index contributed by atoms with van der Waals surface area (Å²) in [5, 5.41) is 18.8. The number of alkyl carbamates (subject to hydrolysis) is 1. The van der Waals surface area contributed by atoms with Gasteiger partial charge in [0.25, 0.3) is 5.91 Å². The molecule has 3 aromatic rings. The second-order valence-corrected chi connectivity index (χ2v) is 8.77. The standard InChI is InChI=1S/C26H28N4O5/c1-4-26(2,24(32)33)29-23(31)22-16(14-28-30(22)3)13-27-25(34)35-15-21-19-11-7-5-9-17(19)18-10-6-8-12-20(18)21/h5-12,14,21H,4,13,15H2,1-3H3,(H,27,34)(H,29,31)(H,32,33). The smallest absolute Gasteiger partial charge is 0.407 e. The fourth-order valence-corrected chi connectivity index (χ4v) is 4.32. The van der Waals surface area contributed by atoms with Crippen molar-refractivity contribution < 1.29 is 24.2 Å². The van der Waals surface area contributed by atoms with Crippen LogP contribution in [0.4, 0.5) is 4.79 Å². The number of carbonyl (C=O) groups excluding carboxylic acids is 2. The van der Waals surface area contributed by atoms with Crippen LogP contribution in [0.2, 0.25) is 0 Å². The summed E-state index contributed by atoms with van der Waals surface area (Å²) in [5.74, 6) is -1.77. The lowest BCUT2D eigenvalue weighted by Crippen LogP contribution is -2.52. The molecule has 0 saturated carbocycles. The van der Waals surface area contributed by atoms with Gasteiger partial charge in [-0.2, -0.15) is 5.10 Å². The molecule has 9 nitrogen and oxygen atoms in total. The maximum Gasteiger partial charge on any atom is 0.407 e. The Balaban J connectivity index is 1.40. The highest BCUT2D eigenvalue weighted by Crippen LogP contribution is 2.44. The minimum Gasteiger partial charge on any atom is -0.480 e. The Morgan fingerprint density at radius 2 is 1.69 bits per heavy atom. The van der Waals surface area contributed by atoms with Crippen molar-refractivity contribution >= 4 is 18.0 Å². The van der Waals surface area contributed by atoms with Gasteiger partial charge in [-0.25, -0.2) is 9.59 Å². The van der Waals surface area contributed by atoms with E-state index in [1.165, 1.54) is 17.8 Å². The lowest BCUT2D eigenvalue weighted by molar-refractivity contribution is -0.143. The van der Waals surface area contributed by atoms with E-state index in [-0.39, 0.29) is 31.2 Å². The zero-order valence-electron chi connectivity index (χ0n) is 19.9. The highest BCUT2D eigenvalue weighted by molar-refractivity contribution is 5.97. The molecule has 0 bridgehead atoms. The summed E-state index contributed by atoms with van der Waals surface area (Å²) in [4.78, 5) is 36.9. The van der Waals surface area contributed by atoms with Gasteiger partial charge in [0.15, 0.2) is 0 Å². The van der Waals surface area contributed by atoms with Gasteiger partial charge in [-0.05, 0) is 35.6 Å². The summed E-state index contributed by atoms with van der Waals surface area (Å²) in [6.07, 6.45) is 1.05. The van der Waals surface area contributed by atoms with Crippen LogP contribution in [0.25, 0.3) is 11.1 Å². The summed E-state index contributed by atoms with van der Waals surface area (Å²) in [7, 11) is 1.58. The molecule has 1 atom stereocenters. The first-order chi connectivity index (χ1) is 16.7. The molecule has 0 saturated heterocycles. The summed E-state index contributed by atoms with van der Waals surface area (Å²) in [6, 6.07) is 16.2. The predicted octanol–water partition coefficient (Wildman–Crippen LogP) is 3.44. The van der Waals surface area contributed by atoms with Crippen LogP contribution in [0.15, 0.2) is 54.7 Å². The number of fused-ring (bicyclic) bond motifs is 3. The number of hydrogen-bond donors (Lipinski definition) is 3. The third-order valence-electron chi connectivity index (χ3n) is 6.57. The van der Waals surface area contributed by atoms with Gasteiger partial charge in [-0.15, -0.1) is 0 Å². The number of aromatic nitrogens is 2. The van der Waals surface area contributed by atoms with Gasteiger partial charge in [0.2, 0.25) is 0 Å². The first-order valence-electron chi connectivity index (χ1n) is 11.4. The van der Waals surface area contributed by atoms with Gasteiger partial charge < -0.3 is 20.5 Å². The third-order valence-corrected chi connectivity index (χ3v) is 6.57. The van der Waals surface area contributed by atoms with Gasteiger partial charge in [0.1, 0.15) is 17.8 Å². The molecule has 0 spiro atoms. The van der Waals surface area contributed by atoms with Gasteiger partial charge in [0.05, 0.1) is 12.7 Å². The molecular formula is C26H28N4O5. The van der Waals surface area contributed by atoms with E-state index in [0.717, 1.165) is 22.3 Å². The minimum absolute atomic E-state index is 0.00315. The fourth-order valence-electron chi connectivity index (χ4n) is 4.32. The lowest BCUT2D eigenvalue weighted by Gasteiger charge is -2.24. The van der Waals surface area contributed by atoms with Crippen LogP contribution < -0.4 is 10.6 Å². The van der Waals surface area contributed by atoms with E-state index in [0.29, 0.717) is 5.56 Å². The van der Waals surface area contributed by atoms with E-state index >= 15 is 0 Å². The number of carboxylic acid groups (broad SMARTS) is 1. The van der Waals surface area contributed by atoms with Gasteiger partial charge in [-0.3, -0.25) is 9.48 Å². The van der Waals surface area contributed by atoms with Gasteiger partial charge in [-0.1, -0.05) is 55.5 Å². The topological polar surface area (TPSA) is 123 Å². The molecule has 0 aliphatic heterocycles. The highest BCUT2D eigenvalue weighted by Gasteiger charge is 2.34. The van der Waals surface area contributed by atoms with E-state index in [1.54, 1.807) is 14.0 Å². The Morgan fingerprint density at radius 1 is 1.09 bits per heavy atom. The minimum atomic E-state index is -1.42. The van der Waals surface area contributed by atoms with Crippen molar-refractivity contribution in [3.8, 4) is 11.1 Å². The Kier molecular flexibility index (Phi) is 6.59. The number of ether oxygens (including phenoxy) is 1. The highest BCUT2D eigenvalue weighted by atomic mass is 16.5. The summed E-state index contributed by atoms with van der Waals surface area (Å²) >= 11 is 0. The molecule has 2 aromatic carbocycles. The fraction of sp³-hybridized carbons (Fsp3) is 0.308. The zero-order valence-corrected chi connectivity index (χ0v) is 19.9. The SMILES string of the molecule is CCC(C)(NC(=O)c1c(CNC(=O)OCC2c3ccccc3-c3ccccc32)cnn1C)C(=O)O. The van der Waals surface area contributed by atoms with Crippen molar-refractivity contribution in [2.75, 3.05) is 6.61 Å². The summed E-state index contributed by atoms with van der Waals surface area (Å²) < 4.78 is 6.89. The molecule has 9 heteroatoms. The molecule has 1 heterocycles. The number of nitrogens with one attached hydrogen (secondary N) is 2. The van der Waals surface area contributed by atoms with Crippen LogP contribution in [0.5, 0.6) is 0 Å². The van der Waals surface area contributed by atoms with E-state index in [2.05, 4.69) is 27.9 Å². The summed E-state index contributed by atoms with van der Waals surface area (Å²) in [5.41, 5.74) is 3.72. The maximum absolute atomic E-state index is 12.8. The van der Waals surface area contributed by atoms with Crippen molar-refractivity contribution in [3.63, 3.8) is 0 Å². The van der Waals surface area contributed by atoms with Crippen LogP contribution in [-0.2, 0) is 23.1 Å². The molecular weight excluding hydrogens is 448 g/mol. The Bertz CT molecular complexity index is 1240. The monoisotopic (exact) mass is 476 g/mol. The number of rotatable bonds is 8. The average Bonchev–Trinajstić information content (AvgIpc) is 3.38. The number of benzene rings is 2. The number of aliphatic carboxylic acids is 1. The molecule has 2 amide bonds. The molecule has 3 N–H and O–H groups in total. The number of aryl methyl sites for hydroxylation is 1. The first-order valence-corrected chi connectivity index (χ1v) is 11.4. The second kappa shape index (κ2) is 9.61. The molecule has 0 radical (unpaired) electrons. The Morgan fingerprint density at radius 3 is 2.26 bits per heavy atom. The van der Waals surface area contributed by atoms with Gasteiger partial charge in [0, 0.05) is 18.5 Å². The van der Waals surface area contributed by atoms with Crippen LogP contribution in [0.3, 0.4) is 0 Å². The Labute approximate surface area is 203 Å². The number of carbonyl (C=O) groups is 3. The van der Waals surface area contributed by atoms with E-state index in [1.807, 2.05) is 36.4 Å². The molecule has 35 heavy (non-hydrogen) atoms. The molecule has 1 unspecified atom stereocenters. The molecule has 1 aromatic heterocycles. The van der Waals surface area contributed by atoms with Crippen LogP contribution >= 0.6 is 0 Å². The Hall–Kier alpha value is -4.14. The number of nitrogens with zero attached hydrogens (tertiary/aromatic N) is 2. The third kappa shape index (κ3) is 4.62. The van der Waals surface area contributed by atoms with Crippen molar-refractivity contribution in [2.24, 2.45) is 7.05 Å². The molecule has 4 rings (SSSR count). The summed E-state index contributed by atoms with van der Waals surface area (Å²) in [6.45, 7) is 3.30. The number of hydrogen-bond acceptors (Lipinski definition) is 5. The van der Waals surface area contributed by atoms with Crippen molar-refractivity contribution in [1.29, 1.82) is 0 Å². The maximum atomic E-state index is 12.8. The average molecular weight is 477 g/mol. The van der Waals surface area contributed by atoms with Crippen molar-refractivity contribution in [1.82, 2.24) is 20.4 Å². The molecule has 1 aliphatic rings. The second-order valence-electron chi connectivity index (χ2n) is 8.77. The van der Waals surface area contributed by atoms with Gasteiger partial charge >= 0.3 is 12.1 Å². The van der Waals surface area contributed by atoms with Crippen LogP contribution in [0, 0.1) is 0 Å². The van der Waals surface area contributed by atoms with Crippen molar-refractivity contribution in [3.05, 3.63) is 77.1 Å². The molecule has 0 fully saturated rings. The van der Waals surface area contributed by atoms with E-state index < -0.39 is 23.5 Å². The number of amides is 2. The lowest BCUT2D eigenvalue weighted by atomic mass is 9.98. The zero-order chi connectivity index (χ0) is 25.2. The normalized spacial score (nSPS) is 13.9. The van der Waals surface area contributed by atoms with E-state index in [4.69, 9.17) is 4.74 Å². The molecule has 1 aliphatic carbocycles. The van der Waals surface area contributed by atoms with Crippen molar-refractivity contribution in [2.45, 2.75) is 38.3 Å². The molecule has 182 valence electrons. The largest absolute Gasteiger partial charge is 0.480 e. The van der Waals surface area contributed by atoms with E-state index in [9.17, 15) is 19.5 Å². The quantitative estimate of drug-likeness (QED) is 0.458. The van der Waals surface area contributed by atoms with Crippen LogP contribution in [-0.4, -0.2) is 45.0 Å². The van der Waals surface area contributed by atoms with Crippen LogP contribution in [0.1, 0.15) is 53.4 Å².